The average molecular weight is 286 g/mol. The Bertz CT molecular complexity index is 472. The van der Waals surface area contributed by atoms with Crippen molar-refractivity contribution in [3.63, 3.8) is 0 Å². The zero-order valence-electron chi connectivity index (χ0n) is 8.89. The molecule has 2 heterocycles. The monoisotopic (exact) mass is 285 g/mol. The molecule has 2 aromatic rings. The molecule has 0 unspecified atom stereocenters. The number of imidazole rings is 1. The summed E-state index contributed by atoms with van der Waals surface area (Å²) in [6.07, 6.45) is 6.23. The molecule has 16 heavy (non-hydrogen) atoms. The van der Waals surface area contributed by atoms with Crippen LogP contribution in [-0.4, -0.2) is 34.7 Å². The summed E-state index contributed by atoms with van der Waals surface area (Å²) in [5.74, 6) is 0.537. The van der Waals surface area contributed by atoms with Gasteiger partial charge in [0, 0.05) is 38.7 Å². The first-order valence-corrected chi connectivity index (χ1v) is 5.71. The van der Waals surface area contributed by atoms with Gasteiger partial charge in [-0.05, 0) is 15.9 Å². The van der Waals surface area contributed by atoms with E-state index in [2.05, 4.69) is 25.9 Å². The molecule has 0 fully saturated rings. The highest BCUT2D eigenvalue weighted by Crippen LogP contribution is 2.18. The van der Waals surface area contributed by atoms with Gasteiger partial charge in [0.2, 0.25) is 5.65 Å². The average Bonchev–Trinajstić information content (AvgIpc) is 2.72. The summed E-state index contributed by atoms with van der Waals surface area (Å²) in [6, 6.07) is 0. The topological polar surface area (TPSA) is 48.7 Å². The zero-order chi connectivity index (χ0) is 11.4. The Morgan fingerprint density at radius 3 is 3.12 bits per heavy atom. The highest BCUT2D eigenvalue weighted by molar-refractivity contribution is 9.10. The van der Waals surface area contributed by atoms with Crippen molar-refractivity contribution in [2.75, 3.05) is 20.3 Å². The number of ether oxygens (including phenoxy) is 2. The van der Waals surface area contributed by atoms with Crippen LogP contribution in [0.3, 0.4) is 0 Å². The third-order valence-electron chi connectivity index (χ3n) is 2.05. The highest BCUT2D eigenvalue weighted by Gasteiger charge is 2.07. The van der Waals surface area contributed by atoms with Crippen LogP contribution in [0.5, 0.6) is 5.88 Å². The lowest BCUT2D eigenvalue weighted by molar-refractivity contribution is 0.171. The minimum Gasteiger partial charge on any atom is -0.475 e. The Kier molecular flexibility index (Phi) is 3.74. The normalized spacial score (nSPS) is 10.9. The molecule has 86 valence electrons. The van der Waals surface area contributed by atoms with Crippen LogP contribution < -0.4 is 4.74 Å². The van der Waals surface area contributed by atoms with Crippen molar-refractivity contribution in [2.24, 2.45) is 0 Å². The van der Waals surface area contributed by atoms with E-state index in [4.69, 9.17) is 9.47 Å². The second kappa shape index (κ2) is 5.27. The predicted molar refractivity (Wildman–Crippen MR) is 62.7 cm³/mol. The van der Waals surface area contributed by atoms with Crippen LogP contribution in [-0.2, 0) is 4.74 Å². The minimum absolute atomic E-state index is 0.537. The van der Waals surface area contributed by atoms with Crippen molar-refractivity contribution >= 4 is 21.6 Å². The van der Waals surface area contributed by atoms with Gasteiger partial charge in [-0.3, -0.25) is 4.40 Å². The lowest BCUT2D eigenvalue weighted by Crippen LogP contribution is -2.04. The predicted octanol–water partition coefficient (Wildman–Crippen LogP) is 1.91. The Labute approximate surface area is 102 Å². The highest BCUT2D eigenvalue weighted by atomic mass is 79.9. The van der Waals surface area contributed by atoms with E-state index >= 15 is 0 Å². The van der Waals surface area contributed by atoms with E-state index in [9.17, 15) is 0 Å². The van der Waals surface area contributed by atoms with Crippen molar-refractivity contribution < 1.29 is 9.47 Å². The summed E-state index contributed by atoms with van der Waals surface area (Å²) in [6.45, 7) is 1.25. The molecule has 0 aliphatic heterocycles. The van der Waals surface area contributed by atoms with E-state index in [1.54, 1.807) is 13.3 Å². The van der Waals surface area contributed by atoms with Crippen LogP contribution in [0.25, 0.3) is 5.65 Å². The van der Waals surface area contributed by atoms with Gasteiger partial charge in [0.25, 0.3) is 5.88 Å². The van der Waals surface area contributed by atoms with Gasteiger partial charge in [-0.15, -0.1) is 0 Å². The molecule has 0 saturated carbocycles. The van der Waals surface area contributed by atoms with E-state index in [1.165, 1.54) is 0 Å². The fourth-order valence-corrected chi connectivity index (χ4v) is 1.72. The van der Waals surface area contributed by atoms with Crippen molar-refractivity contribution in [2.45, 2.75) is 6.42 Å². The number of hydrogen-bond donors (Lipinski definition) is 0. The molecular formula is C10H12BrN3O2. The Balaban J connectivity index is 2.12. The first-order valence-electron chi connectivity index (χ1n) is 4.92. The van der Waals surface area contributed by atoms with Crippen LogP contribution in [0.2, 0.25) is 0 Å². The number of hydrogen-bond acceptors (Lipinski definition) is 4. The molecule has 0 N–H and O–H groups in total. The van der Waals surface area contributed by atoms with Gasteiger partial charge in [0.05, 0.1) is 6.61 Å². The lowest BCUT2D eigenvalue weighted by Gasteiger charge is -2.06. The van der Waals surface area contributed by atoms with Crippen LogP contribution in [0.4, 0.5) is 0 Å². The number of nitrogens with zero attached hydrogens (tertiary/aromatic N) is 3. The molecular weight excluding hydrogens is 274 g/mol. The first kappa shape index (κ1) is 11.3. The molecule has 0 bridgehead atoms. The van der Waals surface area contributed by atoms with E-state index < -0.39 is 0 Å². The maximum atomic E-state index is 5.56. The van der Waals surface area contributed by atoms with Gasteiger partial charge in [-0.2, -0.15) is 0 Å². The molecule has 0 saturated heterocycles. The van der Waals surface area contributed by atoms with Crippen molar-refractivity contribution in [1.29, 1.82) is 0 Å². The van der Waals surface area contributed by atoms with Crippen molar-refractivity contribution in [3.05, 3.63) is 23.2 Å². The van der Waals surface area contributed by atoms with Crippen LogP contribution in [0.1, 0.15) is 6.42 Å². The second-order valence-electron chi connectivity index (χ2n) is 3.22. The molecule has 0 aliphatic rings. The molecule has 0 radical (unpaired) electrons. The minimum atomic E-state index is 0.537. The summed E-state index contributed by atoms with van der Waals surface area (Å²) in [4.78, 5) is 8.42. The van der Waals surface area contributed by atoms with Gasteiger partial charge < -0.3 is 9.47 Å². The van der Waals surface area contributed by atoms with Crippen LogP contribution in [0.15, 0.2) is 23.2 Å². The number of aromatic nitrogens is 3. The SMILES string of the molecule is COCCCOc1nc(Br)cn2ccnc12. The molecule has 2 rings (SSSR count). The third-order valence-corrected chi connectivity index (χ3v) is 2.43. The molecule has 0 amide bonds. The van der Waals surface area contributed by atoms with E-state index in [1.807, 2.05) is 16.8 Å². The van der Waals surface area contributed by atoms with E-state index in [-0.39, 0.29) is 0 Å². The summed E-state index contributed by atoms with van der Waals surface area (Å²) >= 11 is 3.33. The summed E-state index contributed by atoms with van der Waals surface area (Å²) in [7, 11) is 1.67. The molecule has 0 spiro atoms. The fourth-order valence-electron chi connectivity index (χ4n) is 1.34. The molecule has 6 heteroatoms. The Morgan fingerprint density at radius 1 is 1.44 bits per heavy atom. The Morgan fingerprint density at radius 2 is 2.31 bits per heavy atom. The van der Waals surface area contributed by atoms with Crippen molar-refractivity contribution in [3.8, 4) is 5.88 Å². The van der Waals surface area contributed by atoms with Gasteiger partial charge in [-0.25, -0.2) is 9.97 Å². The van der Waals surface area contributed by atoms with E-state index in [0.29, 0.717) is 19.1 Å². The summed E-state index contributed by atoms with van der Waals surface area (Å²) in [5, 5.41) is 0. The molecule has 0 atom stereocenters. The zero-order valence-corrected chi connectivity index (χ0v) is 10.5. The Hall–Kier alpha value is -1.14. The standard InChI is InChI=1S/C10H12BrN3O2/c1-15-5-2-6-16-10-9-12-3-4-14(9)7-8(11)13-10/h3-4,7H,2,5-6H2,1H3. The number of halogens is 1. The maximum Gasteiger partial charge on any atom is 0.259 e. The number of methoxy groups -OCH3 is 1. The van der Waals surface area contributed by atoms with Gasteiger partial charge in [-0.1, -0.05) is 0 Å². The first-order chi connectivity index (χ1) is 7.81. The summed E-state index contributed by atoms with van der Waals surface area (Å²) in [5.41, 5.74) is 0.723. The third kappa shape index (κ3) is 2.51. The van der Waals surface area contributed by atoms with Gasteiger partial charge >= 0.3 is 0 Å². The number of fused-ring (bicyclic) bond motifs is 1. The van der Waals surface area contributed by atoms with E-state index in [0.717, 1.165) is 16.7 Å². The van der Waals surface area contributed by atoms with Gasteiger partial charge in [0.1, 0.15) is 4.60 Å². The lowest BCUT2D eigenvalue weighted by atomic mass is 10.5. The molecule has 2 aromatic heterocycles. The quantitative estimate of drug-likeness (QED) is 0.788. The molecule has 5 nitrogen and oxygen atoms in total. The largest absolute Gasteiger partial charge is 0.475 e. The van der Waals surface area contributed by atoms with Crippen molar-refractivity contribution in [1.82, 2.24) is 14.4 Å². The smallest absolute Gasteiger partial charge is 0.259 e. The molecule has 0 aromatic carbocycles. The van der Waals surface area contributed by atoms with Gasteiger partial charge in [0.15, 0.2) is 0 Å². The van der Waals surface area contributed by atoms with Crippen LogP contribution in [0, 0.1) is 0 Å². The fraction of sp³-hybridized carbons (Fsp3) is 0.400. The second-order valence-corrected chi connectivity index (χ2v) is 4.03. The summed E-state index contributed by atoms with van der Waals surface area (Å²) < 4.78 is 13.1. The van der Waals surface area contributed by atoms with Crippen LogP contribution >= 0.6 is 15.9 Å². The maximum absolute atomic E-state index is 5.56. The molecule has 0 aliphatic carbocycles. The number of rotatable bonds is 5.